The number of rotatable bonds is 9. The number of carbonyl (C=O) groups is 2. The van der Waals surface area contributed by atoms with Crippen molar-refractivity contribution < 1.29 is 22.7 Å². The van der Waals surface area contributed by atoms with E-state index in [1.807, 2.05) is 44.2 Å². The van der Waals surface area contributed by atoms with Gasteiger partial charge in [-0.05, 0) is 35.7 Å². The van der Waals surface area contributed by atoms with Crippen LogP contribution in [-0.4, -0.2) is 40.1 Å². The van der Waals surface area contributed by atoms with Gasteiger partial charge in [-0.15, -0.1) is 0 Å². The molecular weight excluding hydrogens is 390 g/mol. The monoisotopic (exact) mass is 417 g/mol. The molecule has 2 rings (SSSR count). The lowest BCUT2D eigenvalue weighted by atomic mass is 9.85. The van der Waals surface area contributed by atoms with Gasteiger partial charge in [-0.3, -0.25) is 13.9 Å². The van der Waals surface area contributed by atoms with E-state index in [0.717, 1.165) is 22.5 Å². The number of hydrogen-bond acceptors (Lipinski definition) is 5. The number of esters is 1. The fraction of sp³-hybridized carbons (Fsp3) is 0.364. The molecule has 156 valence electrons. The van der Waals surface area contributed by atoms with E-state index < -0.39 is 21.9 Å². The Bertz CT molecular complexity index is 939. The largest absolute Gasteiger partial charge is 0.457 e. The maximum Gasteiger partial charge on any atom is 0.314 e. The molecule has 0 saturated heterocycles. The molecule has 0 unspecified atom stereocenters. The maximum absolute atomic E-state index is 12.7. The number of carbonyl (C=O) groups excluding carboxylic acids is 2. The molecule has 0 aromatic heterocycles. The van der Waals surface area contributed by atoms with Crippen LogP contribution in [0.1, 0.15) is 42.1 Å². The Morgan fingerprint density at radius 1 is 1.03 bits per heavy atom. The molecule has 0 spiro atoms. The Morgan fingerprint density at radius 2 is 1.62 bits per heavy atom. The Morgan fingerprint density at radius 3 is 2.14 bits per heavy atom. The Balaban J connectivity index is 2.06. The number of nitrogens with zero attached hydrogens (tertiary/aromatic N) is 1. The fourth-order valence-corrected chi connectivity index (χ4v) is 3.46. The third-order valence-electron chi connectivity index (χ3n) is 5.02. The molecule has 0 aliphatic heterocycles. The van der Waals surface area contributed by atoms with Gasteiger partial charge in [0.25, 0.3) is 0 Å². The van der Waals surface area contributed by atoms with Crippen molar-refractivity contribution in [2.24, 2.45) is 5.92 Å². The third-order valence-corrected chi connectivity index (χ3v) is 6.23. The Labute approximate surface area is 172 Å². The van der Waals surface area contributed by atoms with Crippen molar-refractivity contribution in [2.75, 3.05) is 24.2 Å². The highest BCUT2D eigenvalue weighted by molar-refractivity contribution is 7.92. The van der Waals surface area contributed by atoms with Gasteiger partial charge in [0.2, 0.25) is 10.0 Å². The molecular formula is C22H27NO5S. The quantitative estimate of drug-likeness (QED) is 0.460. The minimum absolute atomic E-state index is 0.0748. The van der Waals surface area contributed by atoms with Gasteiger partial charge in [0, 0.05) is 12.6 Å². The summed E-state index contributed by atoms with van der Waals surface area (Å²) in [7, 11) is -1.94. The summed E-state index contributed by atoms with van der Waals surface area (Å²) in [5.41, 5.74) is 1.66. The Hall–Kier alpha value is -2.67. The van der Waals surface area contributed by atoms with E-state index in [4.69, 9.17) is 4.74 Å². The van der Waals surface area contributed by atoms with Crippen LogP contribution in [0.25, 0.3) is 0 Å². The first-order valence-corrected chi connectivity index (χ1v) is 11.3. The molecule has 0 N–H and O–H groups in total. The fourth-order valence-electron chi connectivity index (χ4n) is 2.95. The number of benzene rings is 2. The van der Waals surface area contributed by atoms with Crippen molar-refractivity contribution in [3.05, 3.63) is 65.7 Å². The van der Waals surface area contributed by atoms with E-state index in [0.29, 0.717) is 11.3 Å². The predicted molar refractivity (Wildman–Crippen MR) is 114 cm³/mol. The molecule has 0 aliphatic rings. The molecule has 7 heteroatoms. The first kappa shape index (κ1) is 22.6. The molecule has 0 heterocycles. The van der Waals surface area contributed by atoms with Crippen molar-refractivity contribution >= 4 is 27.5 Å². The van der Waals surface area contributed by atoms with Gasteiger partial charge in [-0.1, -0.05) is 50.6 Å². The lowest BCUT2D eigenvalue weighted by Crippen LogP contribution is -2.25. The average molecular weight is 418 g/mol. The molecule has 2 aromatic carbocycles. The van der Waals surface area contributed by atoms with Gasteiger partial charge in [-0.2, -0.15) is 0 Å². The Kier molecular flexibility index (Phi) is 7.56. The summed E-state index contributed by atoms with van der Waals surface area (Å²) in [6.07, 6.45) is 1.91. The van der Waals surface area contributed by atoms with E-state index in [-0.39, 0.29) is 18.3 Å². The van der Waals surface area contributed by atoms with Gasteiger partial charge < -0.3 is 4.74 Å². The van der Waals surface area contributed by atoms with E-state index in [1.165, 1.54) is 19.2 Å². The number of ketones is 1. The van der Waals surface area contributed by atoms with E-state index in [1.54, 1.807) is 12.1 Å². The number of Topliss-reactive ketones (excluding diaryl/α,β-unsaturated/α-hetero) is 1. The summed E-state index contributed by atoms with van der Waals surface area (Å²) in [5.74, 6) is -1.12. The SMILES string of the molecule is CC[C@H](C)[C@H](C(=O)OCC(=O)c1ccc(N(C)S(C)(=O)=O)cc1)c1ccccc1. The van der Waals surface area contributed by atoms with Crippen LogP contribution < -0.4 is 4.31 Å². The average Bonchev–Trinajstić information content (AvgIpc) is 2.71. The van der Waals surface area contributed by atoms with Crippen molar-refractivity contribution in [1.82, 2.24) is 0 Å². The summed E-state index contributed by atoms with van der Waals surface area (Å²) in [5, 5.41) is 0. The summed E-state index contributed by atoms with van der Waals surface area (Å²) in [6.45, 7) is 3.63. The molecule has 0 saturated carbocycles. The molecule has 6 nitrogen and oxygen atoms in total. The summed E-state index contributed by atoms with van der Waals surface area (Å²) in [6, 6.07) is 15.5. The van der Waals surface area contributed by atoms with Crippen LogP contribution in [0, 0.1) is 5.92 Å². The third kappa shape index (κ3) is 5.90. The molecule has 0 fully saturated rings. The normalized spacial score (nSPS) is 13.4. The minimum atomic E-state index is -3.38. The van der Waals surface area contributed by atoms with Crippen molar-refractivity contribution in [1.29, 1.82) is 0 Å². The van der Waals surface area contributed by atoms with Gasteiger partial charge in [0.15, 0.2) is 12.4 Å². The number of hydrogen-bond donors (Lipinski definition) is 0. The molecule has 0 amide bonds. The first-order valence-electron chi connectivity index (χ1n) is 9.44. The molecule has 0 bridgehead atoms. The smallest absolute Gasteiger partial charge is 0.314 e. The summed E-state index contributed by atoms with van der Waals surface area (Å²) in [4.78, 5) is 25.1. The van der Waals surface area contributed by atoms with E-state index in [9.17, 15) is 18.0 Å². The van der Waals surface area contributed by atoms with Gasteiger partial charge in [-0.25, -0.2) is 8.42 Å². The van der Waals surface area contributed by atoms with E-state index in [2.05, 4.69) is 0 Å². The van der Waals surface area contributed by atoms with Gasteiger partial charge >= 0.3 is 5.97 Å². The van der Waals surface area contributed by atoms with Crippen LogP contribution in [-0.2, 0) is 19.6 Å². The highest BCUT2D eigenvalue weighted by Crippen LogP contribution is 2.28. The molecule has 2 atom stereocenters. The maximum atomic E-state index is 12.7. The van der Waals surface area contributed by atoms with Crippen LogP contribution in [0.4, 0.5) is 5.69 Å². The first-order chi connectivity index (χ1) is 13.6. The lowest BCUT2D eigenvalue weighted by molar-refractivity contribution is -0.145. The lowest BCUT2D eigenvalue weighted by Gasteiger charge is -2.21. The molecule has 0 radical (unpaired) electrons. The highest BCUT2D eigenvalue weighted by atomic mass is 32.2. The highest BCUT2D eigenvalue weighted by Gasteiger charge is 2.28. The minimum Gasteiger partial charge on any atom is -0.457 e. The van der Waals surface area contributed by atoms with Crippen LogP contribution in [0.5, 0.6) is 0 Å². The van der Waals surface area contributed by atoms with Crippen molar-refractivity contribution in [3.8, 4) is 0 Å². The summed E-state index contributed by atoms with van der Waals surface area (Å²) < 4.78 is 29.6. The second kappa shape index (κ2) is 9.69. The summed E-state index contributed by atoms with van der Waals surface area (Å²) >= 11 is 0. The molecule has 2 aromatic rings. The topological polar surface area (TPSA) is 80.8 Å². The molecule has 0 aliphatic carbocycles. The van der Waals surface area contributed by atoms with Crippen LogP contribution >= 0.6 is 0 Å². The second-order valence-corrected chi connectivity index (χ2v) is 9.10. The number of sulfonamides is 1. The second-order valence-electron chi connectivity index (χ2n) is 7.08. The number of ether oxygens (including phenoxy) is 1. The zero-order valence-electron chi connectivity index (χ0n) is 17.2. The van der Waals surface area contributed by atoms with Gasteiger partial charge in [0.1, 0.15) is 0 Å². The number of anilines is 1. The van der Waals surface area contributed by atoms with Crippen LogP contribution in [0.2, 0.25) is 0 Å². The molecule has 29 heavy (non-hydrogen) atoms. The van der Waals surface area contributed by atoms with Gasteiger partial charge in [0.05, 0.1) is 17.9 Å². The van der Waals surface area contributed by atoms with E-state index >= 15 is 0 Å². The standard InChI is InChI=1S/C22H27NO5S/c1-5-16(2)21(18-9-7-6-8-10-18)22(25)28-15-20(24)17-11-13-19(14-12-17)23(3)29(4,26)27/h6-14,16,21H,5,15H2,1-4H3/t16-,21-/m0/s1. The van der Waals surface area contributed by atoms with Crippen LogP contribution in [0.15, 0.2) is 54.6 Å². The zero-order chi connectivity index (χ0) is 21.6. The van der Waals surface area contributed by atoms with Crippen molar-refractivity contribution in [2.45, 2.75) is 26.2 Å². The van der Waals surface area contributed by atoms with Crippen molar-refractivity contribution in [3.63, 3.8) is 0 Å². The zero-order valence-corrected chi connectivity index (χ0v) is 18.0. The predicted octanol–water partition coefficient (Wildman–Crippen LogP) is 3.64. The van der Waals surface area contributed by atoms with Crippen LogP contribution in [0.3, 0.4) is 0 Å².